The van der Waals surface area contributed by atoms with Gasteiger partial charge in [-0.3, -0.25) is 9.67 Å². The number of nitrogens with zero attached hydrogens (tertiary/aromatic N) is 4. The summed E-state index contributed by atoms with van der Waals surface area (Å²) < 4.78 is 7.92. The van der Waals surface area contributed by atoms with Crippen molar-refractivity contribution in [3.63, 3.8) is 0 Å². The van der Waals surface area contributed by atoms with Crippen molar-refractivity contribution >= 4 is 18.9 Å². The van der Waals surface area contributed by atoms with Gasteiger partial charge < -0.3 is 9.55 Å². The second-order valence-corrected chi connectivity index (χ2v) is 7.27. The smallest absolute Gasteiger partial charge is 0.182 e. The molecule has 2 aromatic heterocycles. The van der Waals surface area contributed by atoms with Gasteiger partial charge >= 0.3 is 0 Å². The SMILES string of the molecule is [B]N1CCC[C@H]1Cn1nc(-c2ccc(OC(/C=C\C#C)=C/C)cc2)c2cnccc21. The van der Waals surface area contributed by atoms with Crippen LogP contribution in [0, 0.1) is 12.3 Å². The summed E-state index contributed by atoms with van der Waals surface area (Å²) in [6.45, 7) is 3.61. The van der Waals surface area contributed by atoms with E-state index in [0.29, 0.717) is 11.8 Å². The number of hydrogen-bond donors (Lipinski definition) is 0. The summed E-state index contributed by atoms with van der Waals surface area (Å²) in [7, 11) is 6.13. The van der Waals surface area contributed by atoms with E-state index in [1.54, 1.807) is 18.3 Å². The van der Waals surface area contributed by atoms with E-state index in [0.717, 1.165) is 53.8 Å². The fourth-order valence-corrected chi connectivity index (χ4v) is 3.77. The molecule has 0 spiro atoms. The van der Waals surface area contributed by atoms with Gasteiger partial charge in [-0.25, -0.2) is 0 Å². The summed E-state index contributed by atoms with van der Waals surface area (Å²) in [6, 6.07) is 10.2. The number of terminal acetylenes is 1. The summed E-state index contributed by atoms with van der Waals surface area (Å²) in [5, 5.41) is 5.94. The van der Waals surface area contributed by atoms with Gasteiger partial charge in [0, 0.05) is 29.4 Å². The van der Waals surface area contributed by atoms with Gasteiger partial charge in [0.1, 0.15) is 17.2 Å². The van der Waals surface area contributed by atoms with Gasteiger partial charge in [-0.1, -0.05) is 5.92 Å². The van der Waals surface area contributed by atoms with Crippen LogP contribution in [0.2, 0.25) is 0 Å². The molecule has 0 amide bonds. The van der Waals surface area contributed by atoms with Crippen LogP contribution in [0.15, 0.2) is 66.7 Å². The van der Waals surface area contributed by atoms with E-state index < -0.39 is 0 Å². The molecule has 1 fully saturated rings. The molecule has 1 atom stereocenters. The average molecular weight is 394 g/mol. The minimum atomic E-state index is 0.306. The molecule has 0 unspecified atom stereocenters. The summed E-state index contributed by atoms with van der Waals surface area (Å²) in [5.41, 5.74) is 2.98. The number of aromatic nitrogens is 3. The Balaban J connectivity index is 1.61. The number of allylic oxidation sites excluding steroid dienone is 3. The number of fused-ring (bicyclic) bond motifs is 1. The highest BCUT2D eigenvalue weighted by Gasteiger charge is 2.22. The van der Waals surface area contributed by atoms with Crippen LogP contribution in [-0.2, 0) is 6.54 Å². The molecule has 1 aromatic carbocycles. The van der Waals surface area contributed by atoms with Crippen molar-refractivity contribution in [2.75, 3.05) is 6.54 Å². The zero-order chi connectivity index (χ0) is 20.9. The molecule has 2 radical (unpaired) electrons. The van der Waals surface area contributed by atoms with Gasteiger partial charge in [0.15, 0.2) is 7.98 Å². The summed E-state index contributed by atoms with van der Waals surface area (Å²) in [5.74, 6) is 3.90. The summed E-state index contributed by atoms with van der Waals surface area (Å²) in [6.07, 6.45) is 16.4. The number of pyridine rings is 1. The summed E-state index contributed by atoms with van der Waals surface area (Å²) >= 11 is 0. The molecule has 148 valence electrons. The van der Waals surface area contributed by atoms with Crippen molar-refractivity contribution < 1.29 is 4.74 Å². The van der Waals surface area contributed by atoms with Crippen LogP contribution >= 0.6 is 0 Å². The van der Waals surface area contributed by atoms with E-state index >= 15 is 0 Å². The van der Waals surface area contributed by atoms with E-state index in [2.05, 4.69) is 15.6 Å². The lowest BCUT2D eigenvalue weighted by Gasteiger charge is -2.20. The molecule has 6 heteroatoms. The standard InChI is InChI=1S/C24H23BN4O/c1-3-5-8-20(4-2)30-21-11-9-18(10-12-21)24-22-16-26-14-13-23(22)29(27-24)17-19-7-6-15-28(19)25/h1,4-5,8-14,16,19H,6-7,15,17H2,2H3/b8-5-,20-4+/t19-/m0/s1. The van der Waals surface area contributed by atoms with Crippen LogP contribution in [0.5, 0.6) is 5.75 Å². The van der Waals surface area contributed by atoms with E-state index in [1.165, 1.54) is 0 Å². The van der Waals surface area contributed by atoms with E-state index in [4.69, 9.17) is 24.2 Å². The van der Waals surface area contributed by atoms with Crippen LogP contribution in [0.3, 0.4) is 0 Å². The lowest BCUT2D eigenvalue weighted by Crippen LogP contribution is -2.30. The lowest BCUT2D eigenvalue weighted by molar-refractivity contribution is 0.364. The number of ether oxygens (including phenoxy) is 1. The Hall–Kier alpha value is -3.30. The maximum Gasteiger partial charge on any atom is 0.182 e. The van der Waals surface area contributed by atoms with Crippen molar-refractivity contribution in [3.05, 3.63) is 66.7 Å². The van der Waals surface area contributed by atoms with Crippen molar-refractivity contribution in [1.82, 2.24) is 19.6 Å². The quantitative estimate of drug-likeness (QED) is 0.273. The first-order valence-corrected chi connectivity index (χ1v) is 10.1. The van der Waals surface area contributed by atoms with Crippen molar-refractivity contribution in [2.24, 2.45) is 0 Å². The molecule has 0 saturated carbocycles. The highest BCUT2D eigenvalue weighted by atomic mass is 16.5. The van der Waals surface area contributed by atoms with E-state index in [-0.39, 0.29) is 0 Å². The average Bonchev–Trinajstić information content (AvgIpc) is 3.35. The molecule has 1 aliphatic heterocycles. The first kappa shape index (κ1) is 20.0. The topological polar surface area (TPSA) is 43.2 Å². The first-order valence-electron chi connectivity index (χ1n) is 10.1. The Morgan fingerprint density at radius 3 is 2.87 bits per heavy atom. The fourth-order valence-electron chi connectivity index (χ4n) is 3.77. The largest absolute Gasteiger partial charge is 0.458 e. The molecule has 3 aromatic rings. The molecule has 0 bridgehead atoms. The van der Waals surface area contributed by atoms with E-state index in [1.807, 2.05) is 54.3 Å². The van der Waals surface area contributed by atoms with Crippen LogP contribution in [-0.4, -0.2) is 40.1 Å². The Morgan fingerprint density at radius 1 is 1.33 bits per heavy atom. The van der Waals surface area contributed by atoms with Gasteiger partial charge in [0.25, 0.3) is 0 Å². The van der Waals surface area contributed by atoms with Crippen molar-refractivity contribution in [1.29, 1.82) is 0 Å². The Morgan fingerprint density at radius 2 is 2.17 bits per heavy atom. The molecule has 3 heterocycles. The molecule has 30 heavy (non-hydrogen) atoms. The number of benzene rings is 1. The molecular weight excluding hydrogens is 371 g/mol. The molecule has 0 aliphatic carbocycles. The second kappa shape index (κ2) is 9.02. The fraction of sp³-hybridized carbons (Fsp3) is 0.250. The molecule has 0 N–H and O–H groups in total. The summed E-state index contributed by atoms with van der Waals surface area (Å²) in [4.78, 5) is 6.24. The predicted molar refractivity (Wildman–Crippen MR) is 121 cm³/mol. The lowest BCUT2D eigenvalue weighted by atomic mass is 10.1. The van der Waals surface area contributed by atoms with Gasteiger partial charge in [0.05, 0.1) is 12.1 Å². The molecular formula is C24H23BN4O. The maximum absolute atomic E-state index is 6.13. The van der Waals surface area contributed by atoms with Gasteiger partial charge in [0.2, 0.25) is 0 Å². The normalized spacial score (nSPS) is 17.6. The van der Waals surface area contributed by atoms with E-state index in [9.17, 15) is 0 Å². The Kier molecular flexibility index (Phi) is 6.01. The highest BCUT2D eigenvalue weighted by molar-refractivity contribution is 6.04. The van der Waals surface area contributed by atoms with Gasteiger partial charge in [-0.15, -0.1) is 6.42 Å². The van der Waals surface area contributed by atoms with Gasteiger partial charge in [-0.2, -0.15) is 5.10 Å². The van der Waals surface area contributed by atoms with Crippen LogP contribution < -0.4 is 4.74 Å². The number of hydrogen-bond acceptors (Lipinski definition) is 4. The minimum Gasteiger partial charge on any atom is -0.458 e. The van der Waals surface area contributed by atoms with Crippen LogP contribution in [0.25, 0.3) is 22.2 Å². The van der Waals surface area contributed by atoms with Gasteiger partial charge in [-0.05, 0) is 74.9 Å². The van der Waals surface area contributed by atoms with Crippen molar-refractivity contribution in [3.8, 4) is 29.4 Å². The van der Waals surface area contributed by atoms with Crippen molar-refractivity contribution in [2.45, 2.75) is 32.4 Å². The Bertz CT molecular complexity index is 1120. The van der Waals surface area contributed by atoms with Crippen LogP contribution in [0.4, 0.5) is 0 Å². The zero-order valence-corrected chi connectivity index (χ0v) is 17.0. The third kappa shape index (κ3) is 4.17. The Labute approximate surface area is 178 Å². The molecule has 1 aliphatic rings. The molecule has 4 rings (SSSR count). The van der Waals surface area contributed by atoms with Crippen LogP contribution in [0.1, 0.15) is 19.8 Å². The monoisotopic (exact) mass is 394 g/mol. The second-order valence-electron chi connectivity index (χ2n) is 7.27. The minimum absolute atomic E-state index is 0.306. The zero-order valence-electron chi connectivity index (χ0n) is 17.0. The number of rotatable bonds is 6. The highest BCUT2D eigenvalue weighted by Crippen LogP contribution is 2.30. The predicted octanol–water partition coefficient (Wildman–Crippen LogP) is 4.12. The third-order valence-electron chi connectivity index (χ3n) is 5.35. The molecule has 1 saturated heterocycles. The molecule has 5 nitrogen and oxygen atoms in total. The maximum atomic E-state index is 6.13. The first-order chi connectivity index (χ1) is 14.7. The third-order valence-corrected chi connectivity index (χ3v) is 5.35.